The van der Waals surface area contributed by atoms with Gasteiger partial charge in [0.2, 0.25) is 0 Å². The van der Waals surface area contributed by atoms with Crippen LogP contribution >= 0.6 is 0 Å². The summed E-state index contributed by atoms with van der Waals surface area (Å²) in [4.78, 5) is 10.7. The number of rotatable bonds is 5. The molecule has 0 unspecified atom stereocenters. The van der Waals surface area contributed by atoms with Gasteiger partial charge in [0.1, 0.15) is 12.4 Å². The van der Waals surface area contributed by atoms with E-state index in [1.807, 2.05) is 12.1 Å². The van der Waals surface area contributed by atoms with Crippen molar-refractivity contribution >= 4 is 5.69 Å². The average Bonchev–Trinajstić information content (AvgIpc) is 2.52. The van der Waals surface area contributed by atoms with Crippen molar-refractivity contribution in [3.8, 4) is 11.5 Å². The Balaban J connectivity index is 2.13. The van der Waals surface area contributed by atoms with Crippen molar-refractivity contribution in [2.24, 2.45) is 0 Å². The molecule has 0 aliphatic carbocycles. The first-order chi connectivity index (χ1) is 10.8. The van der Waals surface area contributed by atoms with Gasteiger partial charge in [-0.2, -0.15) is 0 Å². The number of benzene rings is 2. The van der Waals surface area contributed by atoms with Gasteiger partial charge in [-0.05, 0) is 28.7 Å². The molecule has 0 atom stereocenters. The molecule has 0 radical (unpaired) electrons. The van der Waals surface area contributed by atoms with E-state index in [0.29, 0.717) is 5.75 Å². The normalized spacial score (nSPS) is 11.1. The van der Waals surface area contributed by atoms with Gasteiger partial charge < -0.3 is 9.47 Å². The largest absolute Gasteiger partial charge is 0.496 e. The highest BCUT2D eigenvalue weighted by Gasteiger charge is 2.17. The molecule has 0 aromatic heterocycles. The van der Waals surface area contributed by atoms with Crippen LogP contribution in [0.3, 0.4) is 0 Å². The number of nitro groups is 1. The maximum atomic E-state index is 11.1. The Bertz CT molecular complexity index is 687. The Morgan fingerprint density at radius 2 is 1.74 bits per heavy atom. The molecule has 0 N–H and O–H groups in total. The van der Waals surface area contributed by atoms with Gasteiger partial charge in [-0.25, -0.2) is 0 Å². The molecule has 2 aromatic carbocycles. The van der Waals surface area contributed by atoms with Crippen LogP contribution in [0.4, 0.5) is 5.69 Å². The fraction of sp³-hybridized carbons (Fsp3) is 0.333. The van der Waals surface area contributed by atoms with Crippen LogP contribution in [0.25, 0.3) is 0 Å². The molecule has 0 spiro atoms. The molecule has 0 aliphatic heterocycles. The molecule has 0 heterocycles. The number of nitrogens with zero attached hydrogens (tertiary/aromatic N) is 1. The number of ether oxygens (including phenoxy) is 2. The van der Waals surface area contributed by atoms with Crippen LogP contribution in [-0.2, 0) is 12.0 Å². The minimum absolute atomic E-state index is 0.0914. The second kappa shape index (κ2) is 6.69. The highest BCUT2D eigenvalue weighted by atomic mass is 16.6. The van der Waals surface area contributed by atoms with Gasteiger partial charge in [-0.15, -0.1) is 0 Å². The molecular weight excluding hydrogens is 294 g/mol. The summed E-state index contributed by atoms with van der Waals surface area (Å²) in [7, 11) is 1.47. The fourth-order valence-corrected chi connectivity index (χ4v) is 2.15. The van der Waals surface area contributed by atoms with E-state index in [1.165, 1.54) is 18.7 Å². The molecule has 0 amide bonds. The minimum atomic E-state index is -0.472. The molecule has 0 fully saturated rings. The molecule has 0 bridgehead atoms. The Morgan fingerprint density at radius 3 is 2.26 bits per heavy atom. The van der Waals surface area contributed by atoms with Crippen LogP contribution < -0.4 is 9.47 Å². The van der Waals surface area contributed by atoms with Crippen molar-refractivity contribution in [2.75, 3.05) is 7.11 Å². The summed E-state index contributed by atoms with van der Waals surface area (Å²) in [6, 6.07) is 12.6. The van der Waals surface area contributed by atoms with Gasteiger partial charge in [0.15, 0.2) is 5.75 Å². The van der Waals surface area contributed by atoms with E-state index in [1.54, 1.807) is 12.1 Å². The van der Waals surface area contributed by atoms with Gasteiger partial charge in [0.25, 0.3) is 0 Å². The van der Waals surface area contributed by atoms with Crippen molar-refractivity contribution in [3.63, 3.8) is 0 Å². The SMILES string of the molecule is COc1ccc(OCc2ccc(C(C)(C)C)cc2)c([N+](=O)[O-])c1. The number of methoxy groups -OCH3 is 1. The van der Waals surface area contributed by atoms with Crippen LogP contribution in [0, 0.1) is 10.1 Å². The predicted octanol–water partition coefficient (Wildman–Crippen LogP) is 4.48. The third-order valence-corrected chi connectivity index (χ3v) is 3.58. The zero-order valence-electron chi connectivity index (χ0n) is 13.8. The van der Waals surface area contributed by atoms with Crippen LogP contribution in [0.15, 0.2) is 42.5 Å². The standard InChI is InChI=1S/C18H21NO4/c1-18(2,3)14-7-5-13(6-8-14)12-23-17-10-9-15(22-4)11-16(17)19(20)21/h5-11H,12H2,1-4H3. The number of hydrogen-bond donors (Lipinski definition) is 0. The minimum Gasteiger partial charge on any atom is -0.496 e. The van der Waals surface area contributed by atoms with Gasteiger partial charge >= 0.3 is 5.69 Å². The average molecular weight is 315 g/mol. The molecule has 122 valence electrons. The molecule has 5 nitrogen and oxygen atoms in total. The highest BCUT2D eigenvalue weighted by Crippen LogP contribution is 2.31. The fourth-order valence-electron chi connectivity index (χ4n) is 2.15. The molecule has 0 saturated carbocycles. The van der Waals surface area contributed by atoms with E-state index in [-0.39, 0.29) is 23.5 Å². The van der Waals surface area contributed by atoms with E-state index < -0.39 is 4.92 Å². The smallest absolute Gasteiger partial charge is 0.314 e. The lowest BCUT2D eigenvalue weighted by Gasteiger charge is -2.19. The van der Waals surface area contributed by atoms with Crippen molar-refractivity contribution in [1.29, 1.82) is 0 Å². The molecular formula is C18H21NO4. The van der Waals surface area contributed by atoms with Crippen LogP contribution in [-0.4, -0.2) is 12.0 Å². The summed E-state index contributed by atoms with van der Waals surface area (Å²) >= 11 is 0. The van der Waals surface area contributed by atoms with Gasteiger partial charge in [0.05, 0.1) is 18.1 Å². The van der Waals surface area contributed by atoms with Crippen molar-refractivity contribution in [3.05, 3.63) is 63.7 Å². The quantitative estimate of drug-likeness (QED) is 0.603. The third kappa shape index (κ3) is 4.22. The lowest BCUT2D eigenvalue weighted by Crippen LogP contribution is -2.10. The third-order valence-electron chi connectivity index (χ3n) is 3.58. The Hall–Kier alpha value is -2.56. The van der Waals surface area contributed by atoms with Crippen molar-refractivity contribution in [1.82, 2.24) is 0 Å². The molecule has 23 heavy (non-hydrogen) atoms. The number of nitro benzene ring substituents is 1. The van der Waals surface area contributed by atoms with E-state index in [4.69, 9.17) is 9.47 Å². The van der Waals surface area contributed by atoms with Gasteiger partial charge in [0, 0.05) is 0 Å². The molecule has 5 heteroatoms. The molecule has 0 aliphatic rings. The van der Waals surface area contributed by atoms with Crippen LogP contribution in [0.5, 0.6) is 11.5 Å². The molecule has 2 aromatic rings. The van der Waals surface area contributed by atoms with Crippen molar-refractivity contribution in [2.45, 2.75) is 32.8 Å². The summed E-state index contributed by atoms with van der Waals surface area (Å²) in [6.45, 7) is 6.73. The van der Waals surface area contributed by atoms with E-state index in [9.17, 15) is 10.1 Å². The Morgan fingerprint density at radius 1 is 1.09 bits per heavy atom. The maximum Gasteiger partial charge on any atom is 0.314 e. The van der Waals surface area contributed by atoms with Crippen molar-refractivity contribution < 1.29 is 14.4 Å². The predicted molar refractivity (Wildman–Crippen MR) is 89.1 cm³/mol. The lowest BCUT2D eigenvalue weighted by atomic mass is 9.87. The van der Waals surface area contributed by atoms with Crippen LogP contribution in [0.2, 0.25) is 0 Å². The van der Waals surface area contributed by atoms with Gasteiger partial charge in [-0.1, -0.05) is 45.0 Å². The zero-order chi connectivity index (χ0) is 17.0. The van der Waals surface area contributed by atoms with E-state index in [0.717, 1.165) is 5.56 Å². The first-order valence-electron chi connectivity index (χ1n) is 7.36. The summed E-state index contributed by atoms with van der Waals surface area (Å²) in [5.74, 6) is 0.661. The molecule has 0 saturated heterocycles. The van der Waals surface area contributed by atoms with E-state index >= 15 is 0 Å². The summed E-state index contributed by atoms with van der Waals surface area (Å²) in [5, 5.41) is 11.1. The topological polar surface area (TPSA) is 61.6 Å². The Labute approximate surface area is 136 Å². The van der Waals surface area contributed by atoms with Gasteiger partial charge in [-0.3, -0.25) is 10.1 Å². The first kappa shape index (κ1) is 16.8. The second-order valence-corrected chi connectivity index (χ2v) is 6.33. The maximum absolute atomic E-state index is 11.1. The summed E-state index contributed by atoms with van der Waals surface area (Å²) in [6.07, 6.45) is 0. The van der Waals surface area contributed by atoms with E-state index in [2.05, 4.69) is 32.9 Å². The second-order valence-electron chi connectivity index (χ2n) is 6.33. The number of hydrogen-bond acceptors (Lipinski definition) is 4. The Kier molecular flexibility index (Phi) is 4.89. The lowest BCUT2D eigenvalue weighted by molar-refractivity contribution is -0.386. The monoisotopic (exact) mass is 315 g/mol. The highest BCUT2D eigenvalue weighted by molar-refractivity contribution is 5.51. The molecule has 2 rings (SSSR count). The van der Waals surface area contributed by atoms with Crippen LogP contribution in [0.1, 0.15) is 31.9 Å². The summed E-state index contributed by atoms with van der Waals surface area (Å²) in [5.41, 5.74) is 2.18. The summed E-state index contributed by atoms with van der Waals surface area (Å²) < 4.78 is 10.6. The zero-order valence-corrected chi connectivity index (χ0v) is 13.8. The first-order valence-corrected chi connectivity index (χ1v) is 7.36.